The van der Waals surface area contributed by atoms with Crippen LogP contribution in [0.5, 0.6) is 0 Å². The summed E-state index contributed by atoms with van der Waals surface area (Å²) in [6, 6.07) is 3.58. The summed E-state index contributed by atoms with van der Waals surface area (Å²) in [6.07, 6.45) is 6.25. The monoisotopic (exact) mass is 353 g/mol. The maximum atomic E-state index is 13.2. The Balaban J connectivity index is 2.18. The van der Waals surface area contributed by atoms with Crippen molar-refractivity contribution < 1.29 is 4.79 Å². The molecule has 1 N–H and O–H groups in total. The van der Waals surface area contributed by atoms with Gasteiger partial charge >= 0.3 is 5.69 Å². The summed E-state index contributed by atoms with van der Waals surface area (Å²) in [5.41, 5.74) is 1.38. The topological polar surface area (TPSA) is 84.8 Å². The Morgan fingerprint density at radius 1 is 1.23 bits per heavy atom. The van der Waals surface area contributed by atoms with Gasteiger partial charge in [-0.05, 0) is 56.7 Å². The molecule has 6 heteroatoms. The van der Waals surface area contributed by atoms with Crippen molar-refractivity contribution in [3.8, 4) is 0 Å². The summed E-state index contributed by atoms with van der Waals surface area (Å²) in [4.78, 5) is 44.7. The van der Waals surface area contributed by atoms with Crippen molar-refractivity contribution in [3.05, 3.63) is 73.3 Å². The fourth-order valence-electron chi connectivity index (χ4n) is 3.53. The number of hydrogen-bond acceptors (Lipinski definition) is 4. The number of allylic oxidation sites excluding steroid dienone is 2. The van der Waals surface area contributed by atoms with Crippen LogP contribution in [0.2, 0.25) is 0 Å². The second kappa shape index (κ2) is 7.23. The summed E-state index contributed by atoms with van der Waals surface area (Å²) in [6.45, 7) is 5.92. The largest absolute Gasteiger partial charge is 0.328 e. The van der Waals surface area contributed by atoms with Crippen LogP contribution in [0.15, 0.2) is 33.9 Å². The van der Waals surface area contributed by atoms with Crippen LogP contribution in [-0.2, 0) is 13.0 Å². The molecule has 136 valence electrons. The summed E-state index contributed by atoms with van der Waals surface area (Å²) < 4.78 is 1.43. The number of nitrogens with one attached hydrogen (secondary N) is 1. The van der Waals surface area contributed by atoms with Crippen LogP contribution in [-0.4, -0.2) is 20.3 Å². The zero-order valence-electron chi connectivity index (χ0n) is 15.3. The molecule has 0 amide bonds. The Hall–Kier alpha value is -2.76. The molecular formula is C20H23N3O3. The number of carbonyl (C=O) groups excluding carboxylic acids is 1. The molecule has 3 rings (SSSR count). The molecule has 6 nitrogen and oxygen atoms in total. The van der Waals surface area contributed by atoms with Gasteiger partial charge in [-0.25, -0.2) is 9.78 Å². The molecule has 2 heterocycles. The molecule has 1 aliphatic carbocycles. The molecule has 0 saturated carbocycles. The Morgan fingerprint density at radius 2 is 1.92 bits per heavy atom. The molecule has 0 fully saturated rings. The SMILES string of the molecule is CCc1c(C(=O)c2cc(C)cc(C)n2)n(CC2CC=CC2)c(=O)[nH]c1=O. The molecule has 26 heavy (non-hydrogen) atoms. The van der Waals surface area contributed by atoms with E-state index in [4.69, 9.17) is 0 Å². The molecule has 1 aliphatic rings. The highest BCUT2D eigenvalue weighted by molar-refractivity contribution is 6.07. The number of aromatic nitrogens is 3. The quantitative estimate of drug-likeness (QED) is 0.660. The summed E-state index contributed by atoms with van der Waals surface area (Å²) >= 11 is 0. The van der Waals surface area contributed by atoms with E-state index in [0.717, 1.165) is 24.1 Å². The zero-order chi connectivity index (χ0) is 18.8. The van der Waals surface area contributed by atoms with Crippen molar-refractivity contribution >= 4 is 5.78 Å². The van der Waals surface area contributed by atoms with E-state index in [1.54, 1.807) is 6.07 Å². The minimum Gasteiger partial charge on any atom is -0.289 e. The van der Waals surface area contributed by atoms with Gasteiger partial charge in [-0.15, -0.1) is 0 Å². The number of nitrogens with zero attached hydrogens (tertiary/aromatic N) is 2. The van der Waals surface area contributed by atoms with Gasteiger partial charge in [0.2, 0.25) is 5.78 Å². The first-order chi connectivity index (χ1) is 12.4. The lowest BCUT2D eigenvalue weighted by molar-refractivity contribution is 0.102. The normalized spacial score (nSPS) is 14.1. The molecular weight excluding hydrogens is 330 g/mol. The minimum atomic E-state index is -0.535. The molecule has 0 spiro atoms. The average molecular weight is 353 g/mol. The van der Waals surface area contributed by atoms with Gasteiger partial charge in [0.25, 0.3) is 5.56 Å². The molecule has 0 aromatic carbocycles. The fraction of sp³-hybridized carbons (Fsp3) is 0.400. The lowest BCUT2D eigenvalue weighted by Crippen LogP contribution is -2.38. The number of aryl methyl sites for hydroxylation is 2. The summed E-state index contributed by atoms with van der Waals surface area (Å²) in [5, 5.41) is 0. The van der Waals surface area contributed by atoms with Crippen molar-refractivity contribution in [2.45, 2.75) is 46.6 Å². The second-order valence-corrected chi connectivity index (χ2v) is 6.86. The van der Waals surface area contributed by atoms with Crippen LogP contribution >= 0.6 is 0 Å². The van der Waals surface area contributed by atoms with Gasteiger partial charge < -0.3 is 0 Å². The Kier molecular flexibility index (Phi) is 5.02. The number of hydrogen-bond donors (Lipinski definition) is 1. The third kappa shape index (κ3) is 3.45. The Bertz CT molecular complexity index is 970. The molecule has 0 saturated heterocycles. The van der Waals surface area contributed by atoms with Crippen molar-refractivity contribution in [2.75, 3.05) is 0 Å². The molecule has 0 unspecified atom stereocenters. The summed E-state index contributed by atoms with van der Waals surface area (Å²) in [7, 11) is 0. The van der Waals surface area contributed by atoms with E-state index in [2.05, 4.69) is 22.1 Å². The van der Waals surface area contributed by atoms with Gasteiger partial charge in [0.15, 0.2) is 0 Å². The highest BCUT2D eigenvalue weighted by Crippen LogP contribution is 2.21. The maximum absolute atomic E-state index is 13.2. The van der Waals surface area contributed by atoms with E-state index in [1.807, 2.05) is 26.8 Å². The van der Waals surface area contributed by atoms with Gasteiger partial charge in [-0.1, -0.05) is 19.1 Å². The van der Waals surface area contributed by atoms with Crippen molar-refractivity contribution in [1.82, 2.24) is 14.5 Å². The molecule has 0 bridgehead atoms. The van der Waals surface area contributed by atoms with E-state index in [-0.39, 0.29) is 23.1 Å². The first-order valence-corrected chi connectivity index (χ1v) is 8.91. The number of aromatic amines is 1. The Labute approximate surface area is 151 Å². The van der Waals surface area contributed by atoms with E-state index in [9.17, 15) is 14.4 Å². The van der Waals surface area contributed by atoms with Crippen molar-refractivity contribution in [3.63, 3.8) is 0 Å². The highest BCUT2D eigenvalue weighted by atomic mass is 16.2. The molecule has 2 aromatic rings. The summed E-state index contributed by atoms with van der Waals surface area (Å²) in [5.74, 6) is -0.120. The van der Waals surface area contributed by atoms with E-state index < -0.39 is 11.2 Å². The predicted octanol–water partition coefficient (Wildman–Crippen LogP) is 2.31. The van der Waals surface area contributed by atoms with Gasteiger partial charge in [0.1, 0.15) is 11.4 Å². The van der Waals surface area contributed by atoms with Crippen LogP contribution in [0.25, 0.3) is 0 Å². The van der Waals surface area contributed by atoms with Crippen LogP contribution in [0.3, 0.4) is 0 Å². The van der Waals surface area contributed by atoms with Crippen LogP contribution < -0.4 is 11.2 Å². The average Bonchev–Trinajstić information content (AvgIpc) is 3.08. The lowest BCUT2D eigenvalue weighted by Gasteiger charge is -2.18. The third-order valence-corrected chi connectivity index (χ3v) is 4.74. The number of rotatable bonds is 5. The van der Waals surface area contributed by atoms with Crippen LogP contribution in [0, 0.1) is 19.8 Å². The number of ketones is 1. The van der Waals surface area contributed by atoms with E-state index >= 15 is 0 Å². The molecule has 0 aliphatic heterocycles. The number of H-pyrrole nitrogens is 1. The molecule has 2 aromatic heterocycles. The Morgan fingerprint density at radius 3 is 2.54 bits per heavy atom. The second-order valence-electron chi connectivity index (χ2n) is 6.86. The number of carbonyl (C=O) groups is 1. The first-order valence-electron chi connectivity index (χ1n) is 8.91. The van der Waals surface area contributed by atoms with E-state index in [1.165, 1.54) is 4.57 Å². The van der Waals surface area contributed by atoms with Crippen LogP contribution in [0.4, 0.5) is 0 Å². The van der Waals surface area contributed by atoms with Gasteiger partial charge in [-0.2, -0.15) is 0 Å². The molecule has 0 radical (unpaired) electrons. The highest BCUT2D eigenvalue weighted by Gasteiger charge is 2.24. The predicted molar refractivity (Wildman–Crippen MR) is 99.7 cm³/mol. The van der Waals surface area contributed by atoms with E-state index in [0.29, 0.717) is 18.5 Å². The first kappa shape index (κ1) is 18.0. The third-order valence-electron chi connectivity index (χ3n) is 4.74. The minimum absolute atomic E-state index is 0.172. The smallest absolute Gasteiger partial charge is 0.289 e. The van der Waals surface area contributed by atoms with Gasteiger partial charge in [0, 0.05) is 17.8 Å². The number of pyridine rings is 1. The lowest BCUT2D eigenvalue weighted by atomic mass is 10.0. The standard InChI is InChI=1S/C20H23N3O3/c1-4-15-17(18(24)16-10-12(2)9-13(3)21-16)23(20(26)22-19(15)25)11-14-7-5-6-8-14/h5-6,9-10,14H,4,7-8,11H2,1-3H3,(H,22,25,26). The van der Waals surface area contributed by atoms with Crippen molar-refractivity contribution in [2.24, 2.45) is 5.92 Å². The zero-order valence-corrected chi connectivity index (χ0v) is 15.3. The van der Waals surface area contributed by atoms with Crippen LogP contribution in [0.1, 0.15) is 52.8 Å². The fourth-order valence-corrected chi connectivity index (χ4v) is 3.53. The van der Waals surface area contributed by atoms with Gasteiger partial charge in [-0.3, -0.25) is 19.1 Å². The van der Waals surface area contributed by atoms with Gasteiger partial charge in [0.05, 0.1) is 0 Å². The van der Waals surface area contributed by atoms with Crippen molar-refractivity contribution in [1.29, 1.82) is 0 Å². The maximum Gasteiger partial charge on any atom is 0.328 e. The molecule has 0 atom stereocenters.